The number of anilines is 1. The fourth-order valence-electron chi connectivity index (χ4n) is 1.54. The summed E-state index contributed by atoms with van der Waals surface area (Å²) in [6.07, 6.45) is 3.27. The number of pyridine rings is 1. The van der Waals surface area contributed by atoms with Gasteiger partial charge in [0.1, 0.15) is 10.7 Å². The van der Waals surface area contributed by atoms with Gasteiger partial charge in [-0.05, 0) is 26.0 Å². The van der Waals surface area contributed by atoms with E-state index in [0.717, 1.165) is 10.7 Å². The highest BCUT2D eigenvalue weighted by atomic mass is 32.1. The Morgan fingerprint density at radius 1 is 1.39 bits per heavy atom. The van der Waals surface area contributed by atoms with Gasteiger partial charge < -0.3 is 10.4 Å². The Balaban J connectivity index is 2.16. The molecule has 0 saturated heterocycles. The summed E-state index contributed by atoms with van der Waals surface area (Å²) in [7, 11) is 0. The van der Waals surface area contributed by atoms with Crippen LogP contribution in [-0.2, 0) is 5.54 Å². The Hall–Kier alpha value is -1.95. The van der Waals surface area contributed by atoms with Crippen LogP contribution in [0, 0.1) is 0 Å². The second kappa shape index (κ2) is 4.73. The van der Waals surface area contributed by atoms with Gasteiger partial charge in [-0.25, -0.2) is 14.8 Å². The molecule has 0 amide bonds. The number of hydrogen-bond acceptors (Lipinski definition) is 5. The standard InChI is InChI=1S/C12H13N3O2S/c1-12(2,11-13-5-6-18-11)15-8-3-4-9(10(16)17)14-7-8/h3-7,15H,1-2H3,(H,16,17). The third kappa shape index (κ3) is 2.65. The molecule has 2 aromatic rings. The Morgan fingerprint density at radius 2 is 2.17 bits per heavy atom. The van der Waals surface area contributed by atoms with Crippen LogP contribution in [0.4, 0.5) is 5.69 Å². The van der Waals surface area contributed by atoms with E-state index in [2.05, 4.69) is 15.3 Å². The Kier molecular flexibility index (Phi) is 3.29. The van der Waals surface area contributed by atoms with Crippen molar-refractivity contribution in [3.63, 3.8) is 0 Å². The summed E-state index contributed by atoms with van der Waals surface area (Å²) in [4.78, 5) is 18.8. The Bertz CT molecular complexity index is 535. The van der Waals surface area contributed by atoms with Gasteiger partial charge in [-0.15, -0.1) is 11.3 Å². The summed E-state index contributed by atoms with van der Waals surface area (Å²) in [6.45, 7) is 4.02. The fraction of sp³-hybridized carbons (Fsp3) is 0.250. The van der Waals surface area contributed by atoms with Crippen LogP contribution < -0.4 is 5.32 Å². The van der Waals surface area contributed by atoms with Crippen molar-refractivity contribution in [2.75, 3.05) is 5.32 Å². The van der Waals surface area contributed by atoms with Gasteiger partial charge in [0.15, 0.2) is 0 Å². The van der Waals surface area contributed by atoms with Crippen molar-refractivity contribution in [3.8, 4) is 0 Å². The van der Waals surface area contributed by atoms with Crippen LogP contribution in [0.2, 0.25) is 0 Å². The minimum Gasteiger partial charge on any atom is -0.477 e. The predicted octanol–water partition coefficient (Wildman–Crippen LogP) is 2.58. The van der Waals surface area contributed by atoms with Crippen LogP contribution in [0.15, 0.2) is 29.9 Å². The second-order valence-electron chi connectivity index (χ2n) is 4.32. The molecule has 6 heteroatoms. The maximum atomic E-state index is 10.7. The molecular formula is C12H13N3O2S. The monoisotopic (exact) mass is 263 g/mol. The lowest BCUT2D eigenvalue weighted by Gasteiger charge is -2.24. The van der Waals surface area contributed by atoms with Crippen LogP contribution in [0.3, 0.4) is 0 Å². The molecular weight excluding hydrogens is 250 g/mol. The van der Waals surface area contributed by atoms with Crippen molar-refractivity contribution in [1.29, 1.82) is 0 Å². The molecule has 0 aliphatic carbocycles. The first-order valence-electron chi connectivity index (χ1n) is 5.36. The van der Waals surface area contributed by atoms with E-state index < -0.39 is 5.97 Å². The van der Waals surface area contributed by atoms with Crippen LogP contribution in [0.5, 0.6) is 0 Å². The van der Waals surface area contributed by atoms with Crippen LogP contribution in [-0.4, -0.2) is 21.0 Å². The van der Waals surface area contributed by atoms with E-state index in [1.54, 1.807) is 23.6 Å². The molecule has 0 aliphatic heterocycles. The highest BCUT2D eigenvalue weighted by Gasteiger charge is 2.23. The minimum atomic E-state index is -1.03. The summed E-state index contributed by atoms with van der Waals surface area (Å²) < 4.78 is 0. The van der Waals surface area contributed by atoms with Crippen molar-refractivity contribution >= 4 is 23.0 Å². The van der Waals surface area contributed by atoms with Gasteiger partial charge in [-0.2, -0.15) is 0 Å². The van der Waals surface area contributed by atoms with Crippen molar-refractivity contribution in [1.82, 2.24) is 9.97 Å². The van der Waals surface area contributed by atoms with Gasteiger partial charge in [-0.1, -0.05) is 0 Å². The molecule has 2 aromatic heterocycles. The number of carboxylic acid groups (broad SMARTS) is 1. The number of nitrogens with one attached hydrogen (secondary N) is 1. The van der Waals surface area contributed by atoms with E-state index in [4.69, 9.17) is 5.11 Å². The Morgan fingerprint density at radius 3 is 2.67 bits per heavy atom. The molecule has 0 spiro atoms. The zero-order valence-electron chi connectivity index (χ0n) is 10.0. The third-order valence-electron chi connectivity index (χ3n) is 2.41. The van der Waals surface area contributed by atoms with Gasteiger partial charge in [0.25, 0.3) is 0 Å². The first kappa shape index (κ1) is 12.5. The van der Waals surface area contributed by atoms with Crippen molar-refractivity contribution < 1.29 is 9.90 Å². The molecule has 2 rings (SSSR count). The van der Waals surface area contributed by atoms with Crippen LogP contribution >= 0.6 is 11.3 Å². The summed E-state index contributed by atoms with van der Waals surface area (Å²) >= 11 is 1.57. The zero-order chi connectivity index (χ0) is 13.2. The van der Waals surface area contributed by atoms with Crippen molar-refractivity contribution in [2.45, 2.75) is 19.4 Å². The molecule has 0 bridgehead atoms. The largest absolute Gasteiger partial charge is 0.477 e. The number of rotatable bonds is 4. The lowest BCUT2D eigenvalue weighted by Crippen LogP contribution is -2.27. The number of hydrogen-bond donors (Lipinski definition) is 2. The normalized spacial score (nSPS) is 11.2. The maximum absolute atomic E-state index is 10.7. The van der Waals surface area contributed by atoms with Gasteiger partial charge in [0.05, 0.1) is 17.4 Å². The lowest BCUT2D eigenvalue weighted by atomic mass is 10.1. The number of aromatic nitrogens is 2. The molecule has 0 atom stereocenters. The second-order valence-corrected chi connectivity index (χ2v) is 5.22. The molecule has 2 heterocycles. The van der Waals surface area contributed by atoms with E-state index in [9.17, 15) is 4.79 Å². The minimum absolute atomic E-state index is 0.0348. The quantitative estimate of drug-likeness (QED) is 0.886. The first-order valence-corrected chi connectivity index (χ1v) is 6.24. The molecule has 94 valence electrons. The number of nitrogens with zero attached hydrogens (tertiary/aromatic N) is 2. The third-order valence-corrected chi connectivity index (χ3v) is 3.50. The number of thiazole rings is 1. The maximum Gasteiger partial charge on any atom is 0.354 e. The molecule has 5 nitrogen and oxygen atoms in total. The van der Waals surface area contributed by atoms with E-state index in [1.807, 2.05) is 19.2 Å². The molecule has 0 radical (unpaired) electrons. The highest BCUT2D eigenvalue weighted by Crippen LogP contribution is 2.26. The zero-order valence-corrected chi connectivity index (χ0v) is 10.9. The van der Waals surface area contributed by atoms with Crippen molar-refractivity contribution in [2.24, 2.45) is 0 Å². The van der Waals surface area contributed by atoms with Gasteiger partial charge in [0, 0.05) is 11.6 Å². The number of carbonyl (C=O) groups is 1. The van der Waals surface area contributed by atoms with E-state index in [0.29, 0.717) is 0 Å². The average Bonchev–Trinajstić information content (AvgIpc) is 2.83. The first-order chi connectivity index (χ1) is 8.49. The van der Waals surface area contributed by atoms with E-state index in [-0.39, 0.29) is 11.2 Å². The van der Waals surface area contributed by atoms with Crippen LogP contribution in [0.25, 0.3) is 0 Å². The average molecular weight is 263 g/mol. The highest BCUT2D eigenvalue weighted by molar-refractivity contribution is 7.09. The van der Waals surface area contributed by atoms with Gasteiger partial charge in [-0.3, -0.25) is 0 Å². The molecule has 0 fully saturated rings. The van der Waals surface area contributed by atoms with E-state index in [1.165, 1.54) is 12.3 Å². The molecule has 0 unspecified atom stereocenters. The summed E-state index contributed by atoms with van der Waals surface area (Å²) in [5.74, 6) is -1.03. The Labute approximate surface area is 109 Å². The molecule has 0 aromatic carbocycles. The number of carboxylic acids is 1. The van der Waals surface area contributed by atoms with Gasteiger partial charge in [0.2, 0.25) is 0 Å². The fourth-order valence-corrected chi connectivity index (χ4v) is 2.26. The molecule has 0 aliphatic rings. The summed E-state index contributed by atoms with van der Waals surface area (Å²) in [5, 5.41) is 14.9. The summed E-state index contributed by atoms with van der Waals surface area (Å²) in [6, 6.07) is 3.18. The molecule has 2 N–H and O–H groups in total. The van der Waals surface area contributed by atoms with E-state index >= 15 is 0 Å². The SMILES string of the molecule is CC(C)(Nc1ccc(C(=O)O)nc1)c1nccs1. The molecule has 18 heavy (non-hydrogen) atoms. The summed E-state index contributed by atoms with van der Waals surface area (Å²) in [5.41, 5.74) is 0.480. The lowest BCUT2D eigenvalue weighted by molar-refractivity contribution is 0.0690. The topological polar surface area (TPSA) is 75.1 Å². The van der Waals surface area contributed by atoms with Gasteiger partial charge >= 0.3 is 5.97 Å². The smallest absolute Gasteiger partial charge is 0.354 e. The predicted molar refractivity (Wildman–Crippen MR) is 70.0 cm³/mol. The number of aromatic carboxylic acids is 1. The van der Waals surface area contributed by atoms with Crippen LogP contribution in [0.1, 0.15) is 29.3 Å². The molecule has 0 saturated carbocycles. The van der Waals surface area contributed by atoms with Crippen molar-refractivity contribution in [3.05, 3.63) is 40.6 Å².